The normalized spacial score (nSPS) is 9.85. The summed E-state index contributed by atoms with van der Waals surface area (Å²) in [4.78, 5) is 0. The fourth-order valence-electron chi connectivity index (χ4n) is 1.05. The SMILES string of the molecule is COc1cc(OC)c(CO)cc1Cl. The van der Waals surface area contributed by atoms with Gasteiger partial charge in [0.15, 0.2) is 0 Å². The first-order chi connectivity index (χ1) is 6.22. The van der Waals surface area contributed by atoms with Gasteiger partial charge in [0.25, 0.3) is 0 Å². The van der Waals surface area contributed by atoms with Crippen molar-refractivity contribution in [2.24, 2.45) is 0 Å². The lowest BCUT2D eigenvalue weighted by molar-refractivity contribution is 0.273. The van der Waals surface area contributed by atoms with Gasteiger partial charge in [-0.05, 0) is 6.07 Å². The van der Waals surface area contributed by atoms with Crippen molar-refractivity contribution in [3.05, 3.63) is 22.7 Å². The first-order valence-corrected chi connectivity index (χ1v) is 4.12. The van der Waals surface area contributed by atoms with Crippen LogP contribution in [0.2, 0.25) is 5.02 Å². The van der Waals surface area contributed by atoms with Gasteiger partial charge in [0, 0.05) is 11.6 Å². The van der Waals surface area contributed by atoms with Crippen LogP contribution in [0, 0.1) is 0 Å². The number of methoxy groups -OCH3 is 2. The van der Waals surface area contributed by atoms with E-state index in [1.54, 1.807) is 12.1 Å². The number of ether oxygens (including phenoxy) is 2. The predicted molar refractivity (Wildman–Crippen MR) is 50.5 cm³/mol. The summed E-state index contributed by atoms with van der Waals surface area (Å²) in [6, 6.07) is 3.27. The molecule has 0 bridgehead atoms. The molecule has 0 radical (unpaired) electrons. The highest BCUT2D eigenvalue weighted by atomic mass is 35.5. The summed E-state index contributed by atoms with van der Waals surface area (Å²) >= 11 is 5.85. The van der Waals surface area contributed by atoms with E-state index in [1.807, 2.05) is 0 Å². The number of halogens is 1. The fourth-order valence-corrected chi connectivity index (χ4v) is 1.31. The van der Waals surface area contributed by atoms with E-state index in [-0.39, 0.29) is 6.61 Å². The minimum atomic E-state index is -0.104. The first kappa shape index (κ1) is 10.2. The van der Waals surface area contributed by atoms with E-state index in [0.717, 1.165) is 0 Å². The summed E-state index contributed by atoms with van der Waals surface area (Å²) in [7, 11) is 3.06. The Labute approximate surface area is 81.9 Å². The molecule has 0 fully saturated rings. The summed E-state index contributed by atoms with van der Waals surface area (Å²) in [6.45, 7) is -0.104. The highest BCUT2D eigenvalue weighted by Gasteiger charge is 2.08. The zero-order valence-corrected chi connectivity index (χ0v) is 8.26. The summed E-state index contributed by atoms with van der Waals surface area (Å²) < 4.78 is 10.0. The van der Waals surface area contributed by atoms with Crippen molar-refractivity contribution in [1.29, 1.82) is 0 Å². The maximum absolute atomic E-state index is 8.96. The minimum absolute atomic E-state index is 0.104. The minimum Gasteiger partial charge on any atom is -0.496 e. The Kier molecular flexibility index (Phi) is 3.39. The zero-order chi connectivity index (χ0) is 9.84. The Morgan fingerprint density at radius 1 is 1.23 bits per heavy atom. The number of aliphatic hydroxyl groups excluding tert-OH is 1. The van der Waals surface area contributed by atoms with Crippen molar-refractivity contribution in [3.63, 3.8) is 0 Å². The fraction of sp³-hybridized carbons (Fsp3) is 0.333. The molecule has 1 aromatic carbocycles. The van der Waals surface area contributed by atoms with E-state index in [4.69, 9.17) is 26.2 Å². The molecular weight excluding hydrogens is 192 g/mol. The van der Waals surface area contributed by atoms with Crippen LogP contribution in [-0.4, -0.2) is 19.3 Å². The van der Waals surface area contributed by atoms with Crippen LogP contribution in [0.4, 0.5) is 0 Å². The third kappa shape index (κ3) is 2.05. The average molecular weight is 203 g/mol. The molecular formula is C9H11ClO3. The summed E-state index contributed by atoms with van der Waals surface area (Å²) in [5, 5.41) is 9.42. The Morgan fingerprint density at radius 2 is 1.85 bits per heavy atom. The highest BCUT2D eigenvalue weighted by Crippen LogP contribution is 2.32. The van der Waals surface area contributed by atoms with Crippen LogP contribution in [0.3, 0.4) is 0 Å². The van der Waals surface area contributed by atoms with Crippen molar-refractivity contribution in [3.8, 4) is 11.5 Å². The molecule has 13 heavy (non-hydrogen) atoms. The van der Waals surface area contributed by atoms with E-state index in [1.165, 1.54) is 14.2 Å². The molecule has 0 aliphatic rings. The molecule has 0 aliphatic heterocycles. The van der Waals surface area contributed by atoms with E-state index < -0.39 is 0 Å². The topological polar surface area (TPSA) is 38.7 Å². The third-order valence-corrected chi connectivity index (χ3v) is 2.02. The van der Waals surface area contributed by atoms with Gasteiger partial charge in [-0.25, -0.2) is 0 Å². The van der Waals surface area contributed by atoms with Gasteiger partial charge in [-0.3, -0.25) is 0 Å². The van der Waals surface area contributed by atoms with E-state index >= 15 is 0 Å². The molecule has 0 spiro atoms. The van der Waals surface area contributed by atoms with Crippen molar-refractivity contribution < 1.29 is 14.6 Å². The Bertz CT molecular complexity index is 299. The smallest absolute Gasteiger partial charge is 0.141 e. The van der Waals surface area contributed by atoms with Crippen LogP contribution < -0.4 is 9.47 Å². The largest absolute Gasteiger partial charge is 0.496 e. The number of benzene rings is 1. The number of hydrogen-bond acceptors (Lipinski definition) is 3. The Hall–Kier alpha value is -0.930. The second-order valence-corrected chi connectivity index (χ2v) is 2.86. The van der Waals surface area contributed by atoms with Gasteiger partial charge in [0.05, 0.1) is 25.8 Å². The van der Waals surface area contributed by atoms with Crippen LogP contribution in [-0.2, 0) is 6.61 Å². The van der Waals surface area contributed by atoms with Gasteiger partial charge in [-0.15, -0.1) is 0 Å². The molecule has 72 valence electrons. The predicted octanol–water partition coefficient (Wildman–Crippen LogP) is 1.85. The van der Waals surface area contributed by atoms with Crippen LogP contribution in [0.15, 0.2) is 12.1 Å². The third-order valence-electron chi connectivity index (χ3n) is 1.73. The van der Waals surface area contributed by atoms with Gasteiger partial charge in [-0.2, -0.15) is 0 Å². The summed E-state index contributed by atoms with van der Waals surface area (Å²) in [6.07, 6.45) is 0. The van der Waals surface area contributed by atoms with Crippen molar-refractivity contribution in [1.82, 2.24) is 0 Å². The Morgan fingerprint density at radius 3 is 2.31 bits per heavy atom. The van der Waals surface area contributed by atoms with Gasteiger partial charge in [0.1, 0.15) is 11.5 Å². The molecule has 0 amide bonds. The zero-order valence-electron chi connectivity index (χ0n) is 7.50. The van der Waals surface area contributed by atoms with Crippen molar-refractivity contribution >= 4 is 11.6 Å². The van der Waals surface area contributed by atoms with Gasteiger partial charge in [0.2, 0.25) is 0 Å². The van der Waals surface area contributed by atoms with Gasteiger partial charge in [-0.1, -0.05) is 11.6 Å². The molecule has 0 heterocycles. The monoisotopic (exact) mass is 202 g/mol. The molecule has 0 saturated heterocycles. The molecule has 1 rings (SSSR count). The molecule has 0 atom stereocenters. The molecule has 1 aromatic rings. The summed E-state index contributed by atoms with van der Waals surface area (Å²) in [5.41, 5.74) is 0.647. The van der Waals surface area contributed by atoms with Crippen LogP contribution >= 0.6 is 11.6 Å². The molecule has 0 unspecified atom stereocenters. The average Bonchev–Trinajstić information content (AvgIpc) is 2.17. The maximum atomic E-state index is 8.96. The molecule has 0 saturated carbocycles. The molecule has 1 N–H and O–H groups in total. The molecule has 4 heteroatoms. The van der Waals surface area contributed by atoms with E-state index in [2.05, 4.69) is 0 Å². The highest BCUT2D eigenvalue weighted by molar-refractivity contribution is 6.32. The van der Waals surface area contributed by atoms with Crippen LogP contribution in [0.25, 0.3) is 0 Å². The van der Waals surface area contributed by atoms with Crippen LogP contribution in [0.1, 0.15) is 5.56 Å². The van der Waals surface area contributed by atoms with E-state index in [0.29, 0.717) is 22.1 Å². The lowest BCUT2D eigenvalue weighted by atomic mass is 10.2. The second kappa shape index (κ2) is 4.35. The van der Waals surface area contributed by atoms with E-state index in [9.17, 15) is 0 Å². The second-order valence-electron chi connectivity index (χ2n) is 2.46. The van der Waals surface area contributed by atoms with Gasteiger partial charge < -0.3 is 14.6 Å². The summed E-state index contributed by atoms with van der Waals surface area (Å²) in [5.74, 6) is 1.11. The number of rotatable bonds is 3. The first-order valence-electron chi connectivity index (χ1n) is 3.74. The molecule has 0 aliphatic carbocycles. The van der Waals surface area contributed by atoms with Crippen LogP contribution in [0.5, 0.6) is 11.5 Å². The van der Waals surface area contributed by atoms with Gasteiger partial charge >= 0.3 is 0 Å². The molecule has 0 aromatic heterocycles. The van der Waals surface area contributed by atoms with Crippen molar-refractivity contribution in [2.75, 3.05) is 14.2 Å². The molecule has 3 nitrogen and oxygen atoms in total. The maximum Gasteiger partial charge on any atom is 0.141 e. The quantitative estimate of drug-likeness (QED) is 0.813. The van der Waals surface area contributed by atoms with Crippen molar-refractivity contribution in [2.45, 2.75) is 6.61 Å². The number of aliphatic hydroxyl groups is 1. The Balaban J connectivity index is 3.18. The lowest BCUT2D eigenvalue weighted by Gasteiger charge is -2.09. The number of hydrogen-bond donors (Lipinski definition) is 1. The lowest BCUT2D eigenvalue weighted by Crippen LogP contribution is -1.94. The standard InChI is InChI=1S/C9H11ClO3/c1-12-8-4-9(13-2)7(10)3-6(8)5-11/h3-4,11H,5H2,1-2H3.